The molecule has 2 aromatic carbocycles. The molecule has 3 nitrogen and oxygen atoms in total. The van der Waals surface area contributed by atoms with Crippen LogP contribution in [-0.2, 0) is 0 Å². The Hall–Kier alpha value is -3.07. The Morgan fingerprint density at radius 3 is 2.39 bits per heavy atom. The zero-order valence-corrected chi connectivity index (χ0v) is 16.2. The summed E-state index contributed by atoms with van der Waals surface area (Å²) in [5.41, 5.74) is 4.27. The Morgan fingerprint density at radius 1 is 0.893 bits per heavy atom. The standard InChI is InChI=1S/C25H25NO2/c1-27-24-15-14-20(17-25(24)28-22-12-5-6-13-22)23(19-9-3-2-4-10-19)18-21-11-7-8-16-26-21/h2-4,7-11,14-18,22H,5-6,12-13H2,1H3. The molecule has 0 bridgehead atoms. The van der Waals surface area contributed by atoms with E-state index in [-0.39, 0.29) is 6.10 Å². The van der Waals surface area contributed by atoms with Crippen molar-refractivity contribution in [2.75, 3.05) is 7.11 Å². The normalized spacial score (nSPS) is 14.8. The van der Waals surface area contributed by atoms with Gasteiger partial charge in [-0.3, -0.25) is 4.98 Å². The summed E-state index contributed by atoms with van der Waals surface area (Å²) < 4.78 is 11.9. The predicted octanol–water partition coefficient (Wildman–Crippen LogP) is 6.00. The fourth-order valence-corrected chi connectivity index (χ4v) is 3.68. The zero-order valence-electron chi connectivity index (χ0n) is 16.2. The molecule has 3 heteroatoms. The largest absolute Gasteiger partial charge is 0.493 e. The molecule has 1 saturated carbocycles. The van der Waals surface area contributed by atoms with Gasteiger partial charge in [0.05, 0.1) is 18.9 Å². The molecule has 3 aromatic rings. The highest BCUT2D eigenvalue weighted by molar-refractivity contribution is 5.91. The van der Waals surface area contributed by atoms with Crippen LogP contribution in [0.1, 0.15) is 42.5 Å². The van der Waals surface area contributed by atoms with Crippen molar-refractivity contribution < 1.29 is 9.47 Å². The topological polar surface area (TPSA) is 31.4 Å². The SMILES string of the molecule is COc1ccc(C(=Cc2ccccn2)c2ccccc2)cc1OC1CCCC1. The monoisotopic (exact) mass is 371 g/mol. The Balaban J connectivity index is 1.76. The Bertz CT molecular complexity index is 929. The number of hydrogen-bond acceptors (Lipinski definition) is 3. The van der Waals surface area contributed by atoms with Crippen LogP contribution in [0.15, 0.2) is 72.9 Å². The first-order valence-electron chi connectivity index (χ1n) is 9.87. The summed E-state index contributed by atoms with van der Waals surface area (Å²) >= 11 is 0. The molecule has 1 aliphatic carbocycles. The number of ether oxygens (including phenoxy) is 2. The van der Waals surface area contributed by atoms with Crippen molar-refractivity contribution in [3.8, 4) is 11.5 Å². The van der Waals surface area contributed by atoms with Crippen molar-refractivity contribution in [1.29, 1.82) is 0 Å². The second-order valence-electron chi connectivity index (χ2n) is 7.07. The van der Waals surface area contributed by atoms with Crippen molar-refractivity contribution >= 4 is 11.6 Å². The van der Waals surface area contributed by atoms with Gasteiger partial charge in [-0.1, -0.05) is 42.5 Å². The first-order valence-corrected chi connectivity index (χ1v) is 9.87. The molecule has 142 valence electrons. The van der Waals surface area contributed by atoms with Gasteiger partial charge in [-0.25, -0.2) is 0 Å². The number of hydrogen-bond donors (Lipinski definition) is 0. The van der Waals surface area contributed by atoms with Gasteiger partial charge in [-0.2, -0.15) is 0 Å². The quantitative estimate of drug-likeness (QED) is 0.532. The fourth-order valence-electron chi connectivity index (χ4n) is 3.68. The maximum atomic E-state index is 6.31. The third kappa shape index (κ3) is 4.25. The second-order valence-corrected chi connectivity index (χ2v) is 7.07. The zero-order chi connectivity index (χ0) is 19.2. The highest BCUT2D eigenvalue weighted by Crippen LogP contribution is 2.36. The lowest BCUT2D eigenvalue weighted by Crippen LogP contribution is -2.11. The number of nitrogens with zero attached hydrogens (tertiary/aromatic N) is 1. The molecule has 1 aliphatic rings. The average Bonchev–Trinajstić information content (AvgIpc) is 3.26. The van der Waals surface area contributed by atoms with Gasteiger partial charge in [0, 0.05) is 6.20 Å². The fraction of sp³-hybridized carbons (Fsp3) is 0.240. The van der Waals surface area contributed by atoms with Gasteiger partial charge in [-0.05, 0) is 72.7 Å². The first kappa shape index (κ1) is 18.3. The third-order valence-electron chi connectivity index (χ3n) is 5.14. The maximum absolute atomic E-state index is 6.31. The molecule has 0 amide bonds. The summed E-state index contributed by atoms with van der Waals surface area (Å²) in [6.45, 7) is 0. The van der Waals surface area contributed by atoms with Crippen LogP contribution in [0.25, 0.3) is 11.6 Å². The molecule has 1 fully saturated rings. The summed E-state index contributed by atoms with van der Waals surface area (Å²) in [6.07, 6.45) is 8.92. The Labute approximate surface area is 166 Å². The first-order chi connectivity index (χ1) is 13.8. The smallest absolute Gasteiger partial charge is 0.162 e. The molecule has 0 unspecified atom stereocenters. The summed E-state index contributed by atoms with van der Waals surface area (Å²) in [6, 6.07) is 22.5. The lowest BCUT2D eigenvalue weighted by Gasteiger charge is -2.18. The van der Waals surface area contributed by atoms with Crippen LogP contribution in [0.2, 0.25) is 0 Å². The molecule has 4 rings (SSSR count). The third-order valence-corrected chi connectivity index (χ3v) is 5.14. The molecular weight excluding hydrogens is 346 g/mol. The van der Waals surface area contributed by atoms with E-state index in [0.29, 0.717) is 0 Å². The van der Waals surface area contributed by atoms with E-state index >= 15 is 0 Å². The number of methoxy groups -OCH3 is 1. The lowest BCUT2D eigenvalue weighted by atomic mass is 9.96. The van der Waals surface area contributed by atoms with Crippen molar-refractivity contribution in [3.05, 3.63) is 89.7 Å². The van der Waals surface area contributed by atoms with Crippen LogP contribution in [0.5, 0.6) is 11.5 Å². The van der Waals surface area contributed by atoms with E-state index in [1.54, 1.807) is 7.11 Å². The minimum Gasteiger partial charge on any atom is -0.493 e. The Morgan fingerprint density at radius 2 is 1.68 bits per heavy atom. The molecule has 1 heterocycles. The van der Waals surface area contributed by atoms with E-state index in [1.165, 1.54) is 12.8 Å². The van der Waals surface area contributed by atoms with E-state index in [4.69, 9.17) is 9.47 Å². The van der Waals surface area contributed by atoms with Crippen molar-refractivity contribution in [2.45, 2.75) is 31.8 Å². The number of pyridine rings is 1. The highest BCUT2D eigenvalue weighted by Gasteiger charge is 2.19. The van der Waals surface area contributed by atoms with E-state index in [9.17, 15) is 0 Å². The number of benzene rings is 2. The molecule has 0 aliphatic heterocycles. The summed E-state index contributed by atoms with van der Waals surface area (Å²) in [7, 11) is 1.69. The number of rotatable bonds is 6. The highest BCUT2D eigenvalue weighted by atomic mass is 16.5. The van der Waals surface area contributed by atoms with Gasteiger partial charge in [0.15, 0.2) is 11.5 Å². The minimum absolute atomic E-state index is 0.282. The maximum Gasteiger partial charge on any atom is 0.162 e. The van der Waals surface area contributed by atoms with Crippen molar-refractivity contribution in [1.82, 2.24) is 4.98 Å². The lowest BCUT2D eigenvalue weighted by molar-refractivity contribution is 0.201. The van der Waals surface area contributed by atoms with E-state index in [0.717, 1.165) is 46.7 Å². The number of aromatic nitrogens is 1. The van der Waals surface area contributed by atoms with Crippen molar-refractivity contribution in [2.24, 2.45) is 0 Å². The molecule has 1 aromatic heterocycles. The van der Waals surface area contributed by atoms with Crippen LogP contribution in [-0.4, -0.2) is 18.2 Å². The molecule has 0 radical (unpaired) electrons. The van der Waals surface area contributed by atoms with Gasteiger partial charge in [0.25, 0.3) is 0 Å². The molecule has 0 spiro atoms. The van der Waals surface area contributed by atoms with Gasteiger partial charge in [-0.15, -0.1) is 0 Å². The van der Waals surface area contributed by atoms with Gasteiger partial charge < -0.3 is 9.47 Å². The molecule has 28 heavy (non-hydrogen) atoms. The summed E-state index contributed by atoms with van der Waals surface area (Å²) in [4.78, 5) is 4.48. The van der Waals surface area contributed by atoms with Crippen LogP contribution in [0.4, 0.5) is 0 Å². The molecular formula is C25H25NO2. The molecule has 0 saturated heterocycles. The minimum atomic E-state index is 0.282. The summed E-state index contributed by atoms with van der Waals surface area (Å²) in [5.74, 6) is 1.59. The van der Waals surface area contributed by atoms with Crippen LogP contribution in [0.3, 0.4) is 0 Å². The predicted molar refractivity (Wildman–Crippen MR) is 114 cm³/mol. The van der Waals surface area contributed by atoms with Crippen molar-refractivity contribution in [3.63, 3.8) is 0 Å². The van der Waals surface area contributed by atoms with E-state index in [1.807, 2.05) is 36.5 Å². The van der Waals surface area contributed by atoms with Crippen LogP contribution >= 0.6 is 0 Å². The van der Waals surface area contributed by atoms with Crippen LogP contribution < -0.4 is 9.47 Å². The van der Waals surface area contributed by atoms with E-state index < -0.39 is 0 Å². The average molecular weight is 371 g/mol. The Kier molecular flexibility index (Phi) is 5.72. The molecule has 0 atom stereocenters. The van der Waals surface area contributed by atoms with E-state index in [2.05, 4.69) is 47.5 Å². The van der Waals surface area contributed by atoms with Gasteiger partial charge in [0.2, 0.25) is 0 Å². The summed E-state index contributed by atoms with van der Waals surface area (Å²) in [5, 5.41) is 0. The van der Waals surface area contributed by atoms with Crippen LogP contribution in [0, 0.1) is 0 Å². The molecule has 0 N–H and O–H groups in total. The second kappa shape index (κ2) is 8.75. The van der Waals surface area contributed by atoms with Gasteiger partial charge in [0.1, 0.15) is 0 Å². The van der Waals surface area contributed by atoms with Gasteiger partial charge >= 0.3 is 0 Å².